The first-order valence-electron chi connectivity index (χ1n) is 11.8. The summed E-state index contributed by atoms with van der Waals surface area (Å²) >= 11 is 5.72. The first-order valence-corrected chi connectivity index (χ1v) is 12.1. The van der Waals surface area contributed by atoms with Crippen molar-refractivity contribution < 1.29 is 23.0 Å². The molecule has 0 unspecified atom stereocenters. The van der Waals surface area contributed by atoms with E-state index in [0.717, 1.165) is 6.07 Å². The van der Waals surface area contributed by atoms with Gasteiger partial charge in [-0.1, -0.05) is 17.7 Å². The van der Waals surface area contributed by atoms with Crippen molar-refractivity contribution in [3.63, 3.8) is 0 Å². The molecule has 0 radical (unpaired) electrons. The Kier molecular flexibility index (Phi) is 7.97. The van der Waals surface area contributed by atoms with E-state index >= 15 is 0 Å². The number of anilines is 2. The number of carbonyl (C=O) groups is 1. The minimum Gasteiger partial charge on any atom is -0.493 e. The smallest absolute Gasteiger partial charge is 0.269 e. The highest BCUT2D eigenvalue weighted by Crippen LogP contribution is 2.37. The molecule has 1 amide bonds. The van der Waals surface area contributed by atoms with Gasteiger partial charge in [-0.25, -0.2) is 18.7 Å². The Balaban J connectivity index is 1.56. The van der Waals surface area contributed by atoms with E-state index in [2.05, 4.69) is 15.3 Å². The molecule has 1 aromatic heterocycles. The molecule has 11 heteroatoms. The lowest BCUT2D eigenvalue weighted by Crippen LogP contribution is -2.44. The zero-order chi connectivity index (χ0) is 26.7. The van der Waals surface area contributed by atoms with Crippen molar-refractivity contribution in [1.82, 2.24) is 19.8 Å². The molecule has 0 bridgehead atoms. The Hall–Kier alpha value is -3.66. The van der Waals surface area contributed by atoms with Crippen LogP contribution in [0.5, 0.6) is 11.5 Å². The second kappa shape index (κ2) is 11.2. The van der Waals surface area contributed by atoms with Crippen LogP contribution in [0.4, 0.5) is 20.3 Å². The Labute approximate surface area is 218 Å². The van der Waals surface area contributed by atoms with Crippen molar-refractivity contribution in [3.8, 4) is 11.5 Å². The number of halogens is 3. The van der Waals surface area contributed by atoms with Gasteiger partial charge < -0.3 is 24.6 Å². The number of benzene rings is 2. The van der Waals surface area contributed by atoms with Crippen LogP contribution in [0.25, 0.3) is 10.9 Å². The second-order valence-electron chi connectivity index (χ2n) is 8.77. The number of amides is 1. The molecule has 1 fully saturated rings. The number of rotatable bonds is 7. The highest BCUT2D eigenvalue weighted by molar-refractivity contribution is 6.31. The van der Waals surface area contributed by atoms with Gasteiger partial charge in [-0.2, -0.15) is 0 Å². The summed E-state index contributed by atoms with van der Waals surface area (Å²) < 4.78 is 39.9. The van der Waals surface area contributed by atoms with Gasteiger partial charge in [0.1, 0.15) is 29.1 Å². The summed E-state index contributed by atoms with van der Waals surface area (Å²) in [5, 5.41) is 2.81. The number of nitrogens with zero attached hydrogens (tertiary/aromatic N) is 4. The van der Waals surface area contributed by atoms with Crippen LogP contribution in [-0.4, -0.2) is 66.1 Å². The summed E-state index contributed by atoms with van der Waals surface area (Å²) in [6.45, 7) is 2.97. The Morgan fingerprint density at radius 2 is 1.92 bits per heavy atom. The zero-order valence-corrected chi connectivity index (χ0v) is 21.8. The third-order valence-electron chi connectivity index (χ3n) is 6.21. The molecule has 1 aliphatic heterocycles. The van der Waals surface area contributed by atoms with Gasteiger partial charge >= 0.3 is 0 Å². The number of allylic oxidation sites excluding steroid dienone is 1. The molecule has 0 spiro atoms. The highest BCUT2D eigenvalue weighted by Gasteiger charge is 2.27. The predicted octanol–water partition coefficient (Wildman–Crippen LogP) is 5.15. The summed E-state index contributed by atoms with van der Waals surface area (Å²) in [5.41, 5.74) is 1.16. The number of hydrogen-bond acceptors (Lipinski definition) is 7. The molecule has 2 heterocycles. The quantitative estimate of drug-likeness (QED) is 0.333. The number of nitrogens with one attached hydrogen (secondary N) is 1. The molecule has 196 valence electrons. The predicted molar refractivity (Wildman–Crippen MR) is 138 cm³/mol. The number of hydrogen-bond donors (Lipinski definition) is 1. The number of ether oxygens (including phenoxy) is 2. The number of carbonyl (C=O) groups excluding carboxylic acids is 1. The molecule has 2 aromatic carbocycles. The molecular formula is C26H28ClF2N5O3. The molecule has 0 atom stereocenters. The lowest BCUT2D eigenvalue weighted by Gasteiger charge is -2.34. The molecule has 37 heavy (non-hydrogen) atoms. The summed E-state index contributed by atoms with van der Waals surface area (Å²) in [7, 11) is 5.23. The number of likely N-dealkylation sites (N-methyl/N-ethyl adjacent to an activating group) is 1. The average molecular weight is 532 g/mol. The maximum atomic E-state index is 14.5. The van der Waals surface area contributed by atoms with Crippen molar-refractivity contribution in [2.24, 2.45) is 0 Å². The van der Waals surface area contributed by atoms with Crippen molar-refractivity contribution in [2.45, 2.75) is 25.9 Å². The van der Waals surface area contributed by atoms with Crippen LogP contribution in [-0.2, 0) is 4.79 Å². The Morgan fingerprint density at radius 3 is 2.57 bits per heavy atom. The van der Waals surface area contributed by atoms with Gasteiger partial charge in [-0.3, -0.25) is 4.79 Å². The van der Waals surface area contributed by atoms with Crippen LogP contribution in [0.1, 0.15) is 19.8 Å². The molecule has 1 N–H and O–H groups in total. The maximum absolute atomic E-state index is 14.5. The van der Waals surface area contributed by atoms with Crippen molar-refractivity contribution >= 4 is 39.9 Å². The molecule has 0 saturated carbocycles. The fourth-order valence-electron chi connectivity index (χ4n) is 4.26. The van der Waals surface area contributed by atoms with E-state index in [4.69, 9.17) is 21.1 Å². The monoisotopic (exact) mass is 531 g/mol. The first kappa shape index (κ1) is 26.4. The minimum atomic E-state index is -0.921. The largest absolute Gasteiger partial charge is 0.493 e. The second-order valence-corrected chi connectivity index (χ2v) is 9.15. The standard InChI is InChI=1S/C26H28ClF2N5O3/c1-5-20(33(2)3)26(35)34-10-8-15(9-11-34)37-22-12-16-19(13-21(22)36-4)30-14-31-25(16)32-18-7-6-17(28)23(27)24(18)29/h5-7,12-15H,8-11H2,1-4H3,(H,30,31,32)/b20-5-. The van der Waals surface area contributed by atoms with E-state index < -0.39 is 16.7 Å². The van der Waals surface area contributed by atoms with Gasteiger partial charge in [-0.05, 0) is 25.1 Å². The van der Waals surface area contributed by atoms with Gasteiger partial charge in [0, 0.05) is 51.5 Å². The minimum absolute atomic E-state index is 0.00442. The number of piperidine rings is 1. The number of aromatic nitrogens is 2. The normalized spacial score (nSPS) is 14.6. The molecule has 4 rings (SSSR count). The van der Waals surface area contributed by atoms with E-state index in [1.807, 2.05) is 36.9 Å². The van der Waals surface area contributed by atoms with E-state index in [0.29, 0.717) is 59.8 Å². The summed E-state index contributed by atoms with van der Waals surface area (Å²) in [4.78, 5) is 25.0. The topological polar surface area (TPSA) is 79.8 Å². The molecule has 1 aliphatic rings. The van der Waals surface area contributed by atoms with Crippen molar-refractivity contribution in [3.05, 3.63) is 59.0 Å². The maximum Gasteiger partial charge on any atom is 0.269 e. The number of likely N-dealkylation sites (tertiary alicyclic amines) is 1. The molecule has 0 aliphatic carbocycles. The van der Waals surface area contributed by atoms with Crippen molar-refractivity contribution in [1.29, 1.82) is 0 Å². The zero-order valence-electron chi connectivity index (χ0n) is 21.0. The summed E-state index contributed by atoms with van der Waals surface area (Å²) in [6, 6.07) is 5.75. The van der Waals surface area contributed by atoms with Crippen LogP contribution in [0, 0.1) is 11.6 Å². The van der Waals surface area contributed by atoms with Gasteiger partial charge in [0.2, 0.25) is 0 Å². The molecule has 8 nitrogen and oxygen atoms in total. The lowest BCUT2D eigenvalue weighted by atomic mass is 10.1. The lowest BCUT2D eigenvalue weighted by molar-refractivity contribution is -0.130. The van der Waals surface area contributed by atoms with E-state index in [1.165, 1.54) is 19.5 Å². The third-order valence-corrected chi connectivity index (χ3v) is 6.55. The van der Waals surface area contributed by atoms with Gasteiger partial charge in [0.25, 0.3) is 5.91 Å². The fraction of sp³-hybridized carbons (Fsp3) is 0.346. The van der Waals surface area contributed by atoms with Crippen LogP contribution in [0.15, 0.2) is 42.4 Å². The van der Waals surface area contributed by atoms with E-state index in [-0.39, 0.29) is 17.7 Å². The molecular weight excluding hydrogens is 504 g/mol. The van der Waals surface area contributed by atoms with Crippen LogP contribution < -0.4 is 14.8 Å². The highest BCUT2D eigenvalue weighted by atomic mass is 35.5. The summed E-state index contributed by atoms with van der Waals surface area (Å²) in [6.07, 6.45) is 4.29. The van der Waals surface area contributed by atoms with Crippen molar-refractivity contribution in [2.75, 3.05) is 39.6 Å². The third kappa shape index (κ3) is 5.53. The molecule has 3 aromatic rings. The van der Waals surface area contributed by atoms with E-state index in [9.17, 15) is 13.6 Å². The molecule has 1 saturated heterocycles. The van der Waals surface area contributed by atoms with Gasteiger partial charge in [0.05, 0.1) is 24.0 Å². The van der Waals surface area contributed by atoms with Gasteiger partial charge in [0.15, 0.2) is 17.3 Å². The van der Waals surface area contributed by atoms with Crippen LogP contribution >= 0.6 is 11.6 Å². The first-order chi connectivity index (χ1) is 17.7. The SMILES string of the molecule is C/C=C(/C(=O)N1CCC(Oc2cc3c(Nc4ccc(F)c(Cl)c4F)ncnc3cc2OC)CC1)N(C)C. The average Bonchev–Trinajstić information content (AvgIpc) is 2.89. The van der Waals surface area contributed by atoms with Crippen LogP contribution in [0.2, 0.25) is 5.02 Å². The Bertz CT molecular complexity index is 1340. The number of fused-ring (bicyclic) bond motifs is 1. The van der Waals surface area contributed by atoms with Gasteiger partial charge in [-0.15, -0.1) is 0 Å². The Morgan fingerprint density at radius 1 is 1.19 bits per heavy atom. The van der Waals surface area contributed by atoms with E-state index in [1.54, 1.807) is 12.1 Å². The van der Waals surface area contributed by atoms with Crippen LogP contribution in [0.3, 0.4) is 0 Å². The number of methoxy groups -OCH3 is 1. The summed E-state index contributed by atoms with van der Waals surface area (Å²) in [5.74, 6) is -0.533. The fourth-order valence-corrected chi connectivity index (χ4v) is 4.42.